The van der Waals surface area contributed by atoms with Gasteiger partial charge < -0.3 is 14.6 Å². The summed E-state index contributed by atoms with van der Waals surface area (Å²) in [5, 5.41) is 3.38. The van der Waals surface area contributed by atoms with Gasteiger partial charge in [-0.15, -0.1) is 11.3 Å². The van der Waals surface area contributed by atoms with Crippen LogP contribution in [0.1, 0.15) is 41.7 Å². The number of aromatic nitrogens is 2. The first-order chi connectivity index (χ1) is 11.2. The highest BCUT2D eigenvalue weighted by Gasteiger charge is 2.23. The lowest BCUT2D eigenvalue weighted by Crippen LogP contribution is -2.31. The number of carbonyl (C=O) groups is 1. The van der Waals surface area contributed by atoms with Gasteiger partial charge in [-0.25, -0.2) is 4.98 Å². The van der Waals surface area contributed by atoms with E-state index in [-0.39, 0.29) is 11.9 Å². The number of nitrogens with zero attached hydrogens (tertiary/aromatic N) is 2. The highest BCUT2D eigenvalue weighted by Crippen LogP contribution is 2.30. The fourth-order valence-corrected chi connectivity index (χ4v) is 4.11. The number of imidazole rings is 1. The number of nitrogens with one attached hydrogen (secondary N) is 1. The molecule has 0 unspecified atom stereocenters. The Morgan fingerprint density at radius 3 is 2.96 bits per heavy atom. The smallest absolute Gasteiger partial charge is 0.169 e. The average molecular weight is 331 g/mol. The van der Waals surface area contributed by atoms with Gasteiger partial charge in [0, 0.05) is 6.61 Å². The molecule has 0 radical (unpaired) electrons. The van der Waals surface area contributed by atoms with Crippen LogP contribution in [0.2, 0.25) is 0 Å². The zero-order chi connectivity index (χ0) is 15.8. The van der Waals surface area contributed by atoms with Crippen LogP contribution in [0.15, 0.2) is 11.6 Å². The number of hydrogen-bond donors (Lipinski definition) is 1. The number of hydrogen-bond acceptors (Lipinski definition) is 5. The van der Waals surface area contributed by atoms with Crippen molar-refractivity contribution in [1.29, 1.82) is 0 Å². The summed E-state index contributed by atoms with van der Waals surface area (Å²) in [5.74, 6) is 1.12. The van der Waals surface area contributed by atoms with Crippen molar-refractivity contribution < 1.29 is 9.53 Å². The molecule has 0 amide bonds. The van der Waals surface area contributed by atoms with Crippen molar-refractivity contribution >= 4 is 33.5 Å². The van der Waals surface area contributed by atoms with Gasteiger partial charge in [0.1, 0.15) is 16.2 Å². The van der Waals surface area contributed by atoms with Gasteiger partial charge in [0.15, 0.2) is 5.78 Å². The van der Waals surface area contributed by atoms with Crippen molar-refractivity contribution in [3.8, 4) is 0 Å². The number of ether oxygens (including phenoxy) is 1. The topological polar surface area (TPSA) is 56.2 Å². The zero-order valence-corrected chi connectivity index (χ0v) is 14.1. The summed E-state index contributed by atoms with van der Waals surface area (Å²) in [7, 11) is 0. The number of carbonyl (C=O) groups excluding carboxylic acids is 1. The summed E-state index contributed by atoms with van der Waals surface area (Å²) in [6.45, 7) is 5.38. The standard InChI is InChI=1S/C17H21N3O2S/c1-11(21)15-9-14-17(23-15)20(10-13-4-7-22-13)16(19-14)8-12-2-5-18-6-3-12/h8-9,13,18H,2-7,10H2,1H3/t13-/m0/s1. The van der Waals surface area contributed by atoms with Crippen LogP contribution in [0.4, 0.5) is 0 Å². The Morgan fingerprint density at radius 1 is 1.52 bits per heavy atom. The Kier molecular flexibility index (Phi) is 4.05. The van der Waals surface area contributed by atoms with E-state index in [1.165, 1.54) is 5.57 Å². The molecular formula is C17H21N3O2S. The minimum Gasteiger partial charge on any atom is -0.376 e. The molecule has 2 saturated heterocycles. The van der Waals surface area contributed by atoms with E-state index in [1.807, 2.05) is 6.07 Å². The van der Waals surface area contributed by atoms with Crippen LogP contribution in [0.25, 0.3) is 16.4 Å². The van der Waals surface area contributed by atoms with E-state index in [4.69, 9.17) is 9.72 Å². The molecule has 0 saturated carbocycles. The molecule has 122 valence electrons. The van der Waals surface area contributed by atoms with E-state index >= 15 is 0 Å². The van der Waals surface area contributed by atoms with E-state index in [0.29, 0.717) is 0 Å². The van der Waals surface area contributed by atoms with E-state index in [0.717, 1.165) is 66.6 Å². The lowest BCUT2D eigenvalue weighted by molar-refractivity contribution is -0.0586. The van der Waals surface area contributed by atoms with E-state index < -0.39 is 0 Å². The SMILES string of the molecule is CC(=O)c1cc2nc(C=C3CCNCC3)n(C[C@@H]3CCO3)c2s1. The summed E-state index contributed by atoms with van der Waals surface area (Å²) in [4.78, 5) is 18.3. The molecule has 5 nitrogen and oxygen atoms in total. The van der Waals surface area contributed by atoms with Crippen molar-refractivity contribution in [1.82, 2.24) is 14.9 Å². The molecule has 2 aliphatic rings. The highest BCUT2D eigenvalue weighted by atomic mass is 32.1. The Bertz CT molecular complexity index is 762. The van der Waals surface area contributed by atoms with Gasteiger partial charge in [-0.1, -0.05) is 5.57 Å². The molecule has 1 N–H and O–H groups in total. The van der Waals surface area contributed by atoms with Gasteiger partial charge in [0.25, 0.3) is 0 Å². The third kappa shape index (κ3) is 2.98. The van der Waals surface area contributed by atoms with Gasteiger partial charge >= 0.3 is 0 Å². The lowest BCUT2D eigenvalue weighted by atomic mass is 10.1. The van der Waals surface area contributed by atoms with E-state index in [1.54, 1.807) is 18.3 Å². The number of Topliss-reactive ketones (excluding diaryl/α,β-unsaturated/α-hetero) is 1. The third-order valence-corrected chi connectivity index (χ3v) is 5.80. The number of fused-ring (bicyclic) bond motifs is 1. The Morgan fingerprint density at radius 2 is 2.30 bits per heavy atom. The summed E-state index contributed by atoms with van der Waals surface area (Å²) in [5.41, 5.74) is 2.38. The van der Waals surface area contributed by atoms with E-state index in [9.17, 15) is 4.79 Å². The molecule has 2 aromatic rings. The van der Waals surface area contributed by atoms with Crippen LogP contribution in [0, 0.1) is 0 Å². The third-order valence-electron chi connectivity index (χ3n) is 4.56. The first-order valence-corrected chi connectivity index (χ1v) is 9.05. The average Bonchev–Trinajstić information content (AvgIpc) is 3.02. The van der Waals surface area contributed by atoms with Gasteiger partial charge in [-0.05, 0) is 51.4 Å². The highest BCUT2D eigenvalue weighted by molar-refractivity contribution is 7.20. The Hall–Kier alpha value is -1.50. The predicted octanol–water partition coefficient (Wildman–Crippen LogP) is 2.86. The number of rotatable bonds is 4. The van der Waals surface area contributed by atoms with Crippen LogP contribution in [-0.2, 0) is 11.3 Å². The molecule has 4 rings (SSSR count). The lowest BCUT2D eigenvalue weighted by Gasteiger charge is -2.27. The molecule has 0 aliphatic carbocycles. The summed E-state index contributed by atoms with van der Waals surface area (Å²) >= 11 is 1.55. The molecule has 1 atom stereocenters. The van der Waals surface area contributed by atoms with Crippen molar-refractivity contribution in [2.75, 3.05) is 19.7 Å². The first kappa shape index (κ1) is 15.1. The normalized spacial score (nSPS) is 21.4. The number of ketones is 1. The van der Waals surface area contributed by atoms with Crippen LogP contribution < -0.4 is 5.32 Å². The summed E-state index contributed by atoms with van der Waals surface area (Å²) in [6.07, 6.45) is 5.78. The molecule has 0 spiro atoms. The van der Waals surface area contributed by atoms with Crippen LogP contribution >= 0.6 is 11.3 Å². The largest absolute Gasteiger partial charge is 0.376 e. The monoisotopic (exact) mass is 331 g/mol. The van der Waals surface area contributed by atoms with Crippen LogP contribution in [0.3, 0.4) is 0 Å². The van der Waals surface area contributed by atoms with Gasteiger partial charge in [0.05, 0.1) is 17.5 Å². The van der Waals surface area contributed by atoms with Crippen LogP contribution in [0.5, 0.6) is 0 Å². The minimum absolute atomic E-state index is 0.109. The van der Waals surface area contributed by atoms with Crippen molar-refractivity contribution in [2.24, 2.45) is 0 Å². The maximum absolute atomic E-state index is 11.6. The molecule has 0 aromatic carbocycles. The number of thiophene rings is 1. The van der Waals surface area contributed by atoms with Crippen LogP contribution in [-0.4, -0.2) is 41.1 Å². The fourth-order valence-electron chi connectivity index (χ4n) is 3.10. The maximum Gasteiger partial charge on any atom is 0.169 e. The molecule has 2 aliphatic heterocycles. The first-order valence-electron chi connectivity index (χ1n) is 8.23. The molecule has 23 heavy (non-hydrogen) atoms. The molecule has 6 heteroatoms. The molecular weight excluding hydrogens is 310 g/mol. The predicted molar refractivity (Wildman–Crippen MR) is 92.1 cm³/mol. The molecule has 4 heterocycles. The summed E-state index contributed by atoms with van der Waals surface area (Å²) < 4.78 is 7.85. The Labute approximate surface area is 139 Å². The second kappa shape index (κ2) is 6.19. The Balaban J connectivity index is 1.73. The van der Waals surface area contributed by atoms with E-state index in [2.05, 4.69) is 16.0 Å². The maximum atomic E-state index is 11.6. The van der Waals surface area contributed by atoms with Crippen molar-refractivity contribution in [3.05, 3.63) is 22.3 Å². The number of piperidine rings is 1. The zero-order valence-electron chi connectivity index (χ0n) is 13.3. The minimum atomic E-state index is 0.109. The fraction of sp³-hybridized carbons (Fsp3) is 0.529. The van der Waals surface area contributed by atoms with Gasteiger partial charge in [-0.3, -0.25) is 4.79 Å². The second-order valence-corrected chi connectivity index (χ2v) is 7.30. The van der Waals surface area contributed by atoms with Gasteiger partial charge in [-0.2, -0.15) is 0 Å². The van der Waals surface area contributed by atoms with Crippen molar-refractivity contribution in [3.63, 3.8) is 0 Å². The van der Waals surface area contributed by atoms with Crippen molar-refractivity contribution in [2.45, 2.75) is 38.8 Å². The molecule has 2 aromatic heterocycles. The second-order valence-electron chi connectivity index (χ2n) is 6.27. The molecule has 0 bridgehead atoms. The van der Waals surface area contributed by atoms with Gasteiger partial charge in [0.2, 0.25) is 0 Å². The quantitative estimate of drug-likeness (QED) is 0.875. The summed E-state index contributed by atoms with van der Waals surface area (Å²) in [6, 6.07) is 1.92. The molecule has 2 fully saturated rings.